The number of benzene rings is 2. The van der Waals surface area contributed by atoms with Crippen LogP contribution in [0.1, 0.15) is 12.0 Å². The Morgan fingerprint density at radius 3 is 2.56 bits per heavy atom. The van der Waals surface area contributed by atoms with Gasteiger partial charge in [-0.15, -0.1) is 0 Å². The monoisotopic (exact) mass is 245 g/mol. The maximum atomic E-state index is 12.9. The van der Waals surface area contributed by atoms with Crippen molar-refractivity contribution in [1.82, 2.24) is 0 Å². The number of hydrogen-bond acceptors (Lipinski definition) is 2. The molecule has 0 aliphatic heterocycles. The van der Waals surface area contributed by atoms with Crippen LogP contribution >= 0.6 is 0 Å². The maximum absolute atomic E-state index is 12.9. The number of hydrogen-bond donors (Lipinski definition) is 1. The molecule has 0 heterocycles. The van der Waals surface area contributed by atoms with Gasteiger partial charge in [-0.3, -0.25) is 0 Å². The SMILES string of the molecule is Nc1ccc(CCCOc2cccc(F)c2)cc1. The molecule has 2 rings (SSSR count). The van der Waals surface area contributed by atoms with Gasteiger partial charge in [-0.1, -0.05) is 18.2 Å². The van der Waals surface area contributed by atoms with Crippen molar-refractivity contribution < 1.29 is 9.13 Å². The number of aryl methyl sites for hydroxylation is 1. The van der Waals surface area contributed by atoms with Gasteiger partial charge in [0.1, 0.15) is 11.6 Å². The van der Waals surface area contributed by atoms with Crippen LogP contribution in [0.5, 0.6) is 5.75 Å². The summed E-state index contributed by atoms with van der Waals surface area (Å²) in [5, 5.41) is 0. The Balaban J connectivity index is 1.74. The lowest BCUT2D eigenvalue weighted by molar-refractivity contribution is 0.309. The highest BCUT2D eigenvalue weighted by molar-refractivity contribution is 5.39. The second kappa shape index (κ2) is 6.05. The molecule has 94 valence electrons. The van der Waals surface area contributed by atoms with Crippen LogP contribution in [0, 0.1) is 5.82 Å². The highest BCUT2D eigenvalue weighted by Gasteiger charge is 1.97. The zero-order valence-electron chi connectivity index (χ0n) is 10.1. The fourth-order valence-electron chi connectivity index (χ4n) is 1.71. The maximum Gasteiger partial charge on any atom is 0.126 e. The molecule has 0 amide bonds. The van der Waals surface area contributed by atoms with Gasteiger partial charge < -0.3 is 10.5 Å². The molecule has 0 aliphatic carbocycles. The van der Waals surface area contributed by atoms with Gasteiger partial charge >= 0.3 is 0 Å². The van der Waals surface area contributed by atoms with Crippen LogP contribution < -0.4 is 10.5 Å². The fourth-order valence-corrected chi connectivity index (χ4v) is 1.71. The van der Waals surface area contributed by atoms with Gasteiger partial charge in [0.05, 0.1) is 6.61 Å². The summed E-state index contributed by atoms with van der Waals surface area (Å²) in [6.07, 6.45) is 1.82. The van der Waals surface area contributed by atoms with Gasteiger partial charge in [-0.25, -0.2) is 4.39 Å². The van der Waals surface area contributed by atoms with Crippen LogP contribution in [0.25, 0.3) is 0 Å². The molecule has 0 saturated heterocycles. The third-order valence-corrected chi connectivity index (χ3v) is 2.65. The summed E-state index contributed by atoms with van der Waals surface area (Å²) in [5.74, 6) is 0.304. The predicted molar refractivity (Wildman–Crippen MR) is 71.1 cm³/mol. The lowest BCUT2D eigenvalue weighted by atomic mass is 10.1. The number of nitrogens with two attached hydrogens (primary N) is 1. The standard InChI is InChI=1S/C15H16FNO/c16-13-4-1-5-15(11-13)18-10-2-3-12-6-8-14(17)9-7-12/h1,4-9,11H,2-3,10,17H2. The van der Waals surface area contributed by atoms with E-state index in [0.717, 1.165) is 18.5 Å². The van der Waals surface area contributed by atoms with Gasteiger partial charge in [0.15, 0.2) is 0 Å². The lowest BCUT2D eigenvalue weighted by Crippen LogP contribution is -1.99. The topological polar surface area (TPSA) is 35.2 Å². The third-order valence-electron chi connectivity index (χ3n) is 2.65. The molecule has 3 heteroatoms. The molecule has 2 aromatic rings. The van der Waals surface area contributed by atoms with E-state index in [0.29, 0.717) is 12.4 Å². The average molecular weight is 245 g/mol. The van der Waals surface area contributed by atoms with E-state index >= 15 is 0 Å². The molecule has 0 radical (unpaired) electrons. The van der Waals surface area contributed by atoms with Crippen molar-refractivity contribution in [3.8, 4) is 5.75 Å². The Morgan fingerprint density at radius 2 is 1.83 bits per heavy atom. The minimum atomic E-state index is -0.272. The number of ether oxygens (including phenoxy) is 1. The Hall–Kier alpha value is -2.03. The summed E-state index contributed by atoms with van der Waals surface area (Å²) < 4.78 is 18.4. The van der Waals surface area contributed by atoms with Crippen LogP contribution in [0.3, 0.4) is 0 Å². The van der Waals surface area contributed by atoms with E-state index in [1.807, 2.05) is 24.3 Å². The minimum Gasteiger partial charge on any atom is -0.493 e. The molecule has 0 atom stereocenters. The van der Waals surface area contributed by atoms with Crippen molar-refractivity contribution in [2.75, 3.05) is 12.3 Å². The van der Waals surface area contributed by atoms with Gasteiger partial charge in [-0.2, -0.15) is 0 Å². The van der Waals surface area contributed by atoms with Crippen LogP contribution in [0.2, 0.25) is 0 Å². The smallest absolute Gasteiger partial charge is 0.126 e. The molecule has 2 aromatic carbocycles. The van der Waals surface area contributed by atoms with E-state index in [1.54, 1.807) is 12.1 Å². The molecule has 0 fully saturated rings. The van der Waals surface area contributed by atoms with E-state index in [9.17, 15) is 4.39 Å². The quantitative estimate of drug-likeness (QED) is 0.647. The summed E-state index contributed by atoms with van der Waals surface area (Å²) in [6.45, 7) is 0.577. The minimum absolute atomic E-state index is 0.272. The van der Waals surface area contributed by atoms with Crippen LogP contribution in [-0.4, -0.2) is 6.61 Å². The molecule has 18 heavy (non-hydrogen) atoms. The second-order valence-electron chi connectivity index (χ2n) is 4.15. The first kappa shape index (κ1) is 12.4. The average Bonchev–Trinajstić information content (AvgIpc) is 2.37. The normalized spacial score (nSPS) is 10.3. The summed E-state index contributed by atoms with van der Waals surface area (Å²) >= 11 is 0. The van der Waals surface area contributed by atoms with Crippen molar-refractivity contribution in [2.24, 2.45) is 0 Å². The van der Waals surface area contributed by atoms with E-state index in [4.69, 9.17) is 10.5 Å². The molecular weight excluding hydrogens is 229 g/mol. The Labute approximate surface area is 106 Å². The summed E-state index contributed by atoms with van der Waals surface area (Å²) in [4.78, 5) is 0. The molecule has 0 aliphatic rings. The van der Waals surface area contributed by atoms with Crippen molar-refractivity contribution in [3.63, 3.8) is 0 Å². The van der Waals surface area contributed by atoms with Crippen molar-refractivity contribution in [1.29, 1.82) is 0 Å². The van der Waals surface area contributed by atoms with Gasteiger partial charge in [0, 0.05) is 11.8 Å². The summed E-state index contributed by atoms with van der Waals surface area (Å²) in [7, 11) is 0. The second-order valence-corrected chi connectivity index (χ2v) is 4.15. The van der Waals surface area contributed by atoms with Crippen molar-refractivity contribution in [3.05, 3.63) is 59.9 Å². The number of anilines is 1. The first-order valence-electron chi connectivity index (χ1n) is 5.97. The highest BCUT2D eigenvalue weighted by atomic mass is 19.1. The molecule has 0 unspecified atom stereocenters. The van der Waals surface area contributed by atoms with Crippen molar-refractivity contribution >= 4 is 5.69 Å². The van der Waals surface area contributed by atoms with E-state index in [1.165, 1.54) is 17.7 Å². The van der Waals surface area contributed by atoms with Crippen LogP contribution in [0.15, 0.2) is 48.5 Å². The van der Waals surface area contributed by atoms with Crippen molar-refractivity contribution in [2.45, 2.75) is 12.8 Å². The molecule has 0 aromatic heterocycles. The number of halogens is 1. The molecule has 2 N–H and O–H groups in total. The molecule has 0 spiro atoms. The van der Waals surface area contributed by atoms with E-state index in [2.05, 4.69) is 0 Å². The Morgan fingerprint density at radius 1 is 1.06 bits per heavy atom. The molecule has 0 bridgehead atoms. The van der Waals surface area contributed by atoms with E-state index in [-0.39, 0.29) is 5.82 Å². The van der Waals surface area contributed by atoms with Gasteiger partial charge in [-0.05, 0) is 42.7 Å². The fraction of sp³-hybridized carbons (Fsp3) is 0.200. The first-order valence-corrected chi connectivity index (χ1v) is 5.97. The van der Waals surface area contributed by atoms with Crippen LogP contribution in [-0.2, 0) is 6.42 Å². The largest absolute Gasteiger partial charge is 0.493 e. The zero-order chi connectivity index (χ0) is 12.8. The molecule has 0 saturated carbocycles. The predicted octanol–water partition coefficient (Wildman–Crippen LogP) is 3.42. The summed E-state index contributed by atoms with van der Waals surface area (Å²) in [6, 6.07) is 14.0. The lowest BCUT2D eigenvalue weighted by Gasteiger charge is -2.06. The van der Waals surface area contributed by atoms with Gasteiger partial charge in [0.25, 0.3) is 0 Å². The molecular formula is C15H16FNO. The van der Waals surface area contributed by atoms with Gasteiger partial charge in [0.2, 0.25) is 0 Å². The first-order chi connectivity index (χ1) is 8.74. The van der Waals surface area contributed by atoms with E-state index < -0.39 is 0 Å². The van der Waals surface area contributed by atoms with Crippen LogP contribution in [0.4, 0.5) is 10.1 Å². The number of nitrogen functional groups attached to an aromatic ring is 1. The molecule has 2 nitrogen and oxygen atoms in total. The Bertz CT molecular complexity index is 496. The number of rotatable bonds is 5. The Kier molecular flexibility index (Phi) is 4.18. The third kappa shape index (κ3) is 3.77. The zero-order valence-corrected chi connectivity index (χ0v) is 10.1. The highest BCUT2D eigenvalue weighted by Crippen LogP contribution is 2.13. The summed E-state index contributed by atoms with van der Waals surface area (Å²) in [5.41, 5.74) is 7.61.